The Morgan fingerprint density at radius 3 is 1.94 bits per heavy atom. The van der Waals surface area contributed by atoms with E-state index in [-0.39, 0.29) is 5.41 Å². The summed E-state index contributed by atoms with van der Waals surface area (Å²) in [5.74, 6) is 0.596. The average molecular weight is 245 g/mol. The highest BCUT2D eigenvalue weighted by Crippen LogP contribution is 2.19. The summed E-state index contributed by atoms with van der Waals surface area (Å²) in [6.07, 6.45) is 0. The number of rotatable bonds is 9. The monoisotopic (exact) mass is 245 g/mol. The topological polar surface area (TPSA) is 30.5 Å². The predicted octanol–water partition coefficient (Wildman–Crippen LogP) is 2.70. The molecule has 1 atom stereocenters. The van der Waals surface area contributed by atoms with Gasteiger partial charge < -0.3 is 14.8 Å². The van der Waals surface area contributed by atoms with Crippen molar-refractivity contribution in [2.45, 2.75) is 47.6 Å². The first kappa shape index (κ1) is 16.9. The summed E-state index contributed by atoms with van der Waals surface area (Å²) in [7, 11) is 0. The summed E-state index contributed by atoms with van der Waals surface area (Å²) < 4.78 is 11.1. The van der Waals surface area contributed by atoms with Crippen molar-refractivity contribution in [2.75, 3.05) is 33.0 Å². The zero-order valence-electron chi connectivity index (χ0n) is 12.5. The van der Waals surface area contributed by atoms with Gasteiger partial charge in [-0.2, -0.15) is 0 Å². The van der Waals surface area contributed by atoms with Gasteiger partial charge in [-0.3, -0.25) is 0 Å². The van der Waals surface area contributed by atoms with Crippen LogP contribution in [0.3, 0.4) is 0 Å². The fourth-order valence-corrected chi connectivity index (χ4v) is 1.50. The molecule has 0 spiro atoms. The second kappa shape index (κ2) is 8.90. The van der Waals surface area contributed by atoms with Gasteiger partial charge in [0.25, 0.3) is 0 Å². The van der Waals surface area contributed by atoms with Gasteiger partial charge in [-0.1, -0.05) is 41.5 Å². The number of likely N-dealkylation sites (N-methyl/N-ethyl adjacent to an activating group) is 1. The van der Waals surface area contributed by atoms with Crippen LogP contribution in [0.25, 0.3) is 0 Å². The molecule has 0 heterocycles. The van der Waals surface area contributed by atoms with Gasteiger partial charge >= 0.3 is 0 Å². The fraction of sp³-hybridized carbons (Fsp3) is 1.00. The van der Waals surface area contributed by atoms with Crippen LogP contribution in [0.2, 0.25) is 0 Å². The quantitative estimate of drug-likeness (QED) is 0.634. The van der Waals surface area contributed by atoms with E-state index in [2.05, 4.69) is 46.9 Å². The SMILES string of the molecule is CCNC(COCCOCC(C)C)C(C)(C)C. The molecule has 0 aliphatic heterocycles. The van der Waals surface area contributed by atoms with Gasteiger partial charge in [0.2, 0.25) is 0 Å². The molecule has 0 saturated carbocycles. The maximum Gasteiger partial charge on any atom is 0.0701 e. The minimum absolute atomic E-state index is 0.231. The molecule has 0 rings (SSSR count). The Kier molecular flexibility index (Phi) is 8.83. The van der Waals surface area contributed by atoms with Gasteiger partial charge in [0.15, 0.2) is 0 Å². The standard InChI is InChI=1S/C14H31NO2/c1-7-15-13(14(4,5)6)11-17-9-8-16-10-12(2)3/h12-13,15H,7-11H2,1-6H3. The third kappa shape index (κ3) is 9.57. The first-order valence-electron chi connectivity index (χ1n) is 6.76. The van der Waals surface area contributed by atoms with Crippen LogP contribution >= 0.6 is 0 Å². The molecule has 1 N–H and O–H groups in total. The number of nitrogens with one attached hydrogen (secondary N) is 1. The average Bonchev–Trinajstić information content (AvgIpc) is 2.19. The highest BCUT2D eigenvalue weighted by atomic mass is 16.5. The van der Waals surface area contributed by atoms with Crippen molar-refractivity contribution >= 4 is 0 Å². The van der Waals surface area contributed by atoms with Crippen LogP contribution in [0.1, 0.15) is 41.5 Å². The van der Waals surface area contributed by atoms with E-state index in [9.17, 15) is 0 Å². The molecule has 0 amide bonds. The summed E-state index contributed by atoms with van der Waals surface area (Å²) in [5.41, 5.74) is 0.231. The summed E-state index contributed by atoms with van der Waals surface area (Å²) in [6, 6.07) is 0.401. The lowest BCUT2D eigenvalue weighted by Crippen LogP contribution is -2.43. The zero-order chi connectivity index (χ0) is 13.3. The largest absolute Gasteiger partial charge is 0.379 e. The maximum atomic E-state index is 5.67. The molecule has 0 radical (unpaired) electrons. The molecule has 0 aliphatic rings. The van der Waals surface area contributed by atoms with E-state index in [1.807, 2.05) is 0 Å². The maximum absolute atomic E-state index is 5.67. The normalized spacial score (nSPS) is 14.3. The minimum atomic E-state index is 0.231. The predicted molar refractivity (Wildman–Crippen MR) is 73.4 cm³/mol. The second-order valence-electron chi connectivity index (χ2n) is 6.02. The Bertz CT molecular complexity index is 176. The lowest BCUT2D eigenvalue weighted by molar-refractivity contribution is 0.0184. The molecule has 0 bridgehead atoms. The van der Waals surface area contributed by atoms with E-state index >= 15 is 0 Å². The first-order chi connectivity index (χ1) is 7.88. The third-order valence-electron chi connectivity index (χ3n) is 2.60. The molecule has 0 fully saturated rings. The molecule has 1 unspecified atom stereocenters. The van der Waals surface area contributed by atoms with Gasteiger partial charge in [-0.05, 0) is 17.9 Å². The van der Waals surface area contributed by atoms with Crippen LogP contribution in [0.5, 0.6) is 0 Å². The summed E-state index contributed by atoms with van der Waals surface area (Å²) in [5, 5.41) is 3.47. The van der Waals surface area contributed by atoms with E-state index in [0.29, 0.717) is 25.2 Å². The molecule has 17 heavy (non-hydrogen) atoms. The van der Waals surface area contributed by atoms with Crippen molar-refractivity contribution < 1.29 is 9.47 Å². The highest BCUT2D eigenvalue weighted by molar-refractivity contribution is 4.79. The van der Waals surface area contributed by atoms with Crippen LogP contribution in [0.4, 0.5) is 0 Å². The lowest BCUT2D eigenvalue weighted by Gasteiger charge is -2.31. The number of ether oxygens (including phenoxy) is 2. The van der Waals surface area contributed by atoms with Crippen molar-refractivity contribution in [1.29, 1.82) is 0 Å². The van der Waals surface area contributed by atoms with Crippen LogP contribution < -0.4 is 5.32 Å². The minimum Gasteiger partial charge on any atom is -0.379 e. The summed E-state index contributed by atoms with van der Waals surface area (Å²) in [6.45, 7) is 17.1. The molecule has 0 aliphatic carbocycles. The molecule has 104 valence electrons. The first-order valence-corrected chi connectivity index (χ1v) is 6.76. The van der Waals surface area contributed by atoms with Crippen LogP contribution in [-0.2, 0) is 9.47 Å². The Labute approximate surface area is 107 Å². The Hall–Kier alpha value is -0.120. The molecule has 0 saturated heterocycles. The van der Waals surface area contributed by atoms with E-state index in [4.69, 9.17) is 9.47 Å². The van der Waals surface area contributed by atoms with Crippen LogP contribution in [-0.4, -0.2) is 39.0 Å². The van der Waals surface area contributed by atoms with Crippen molar-refractivity contribution in [3.63, 3.8) is 0 Å². The van der Waals surface area contributed by atoms with Crippen molar-refractivity contribution in [3.8, 4) is 0 Å². The second-order valence-corrected chi connectivity index (χ2v) is 6.02. The summed E-state index contributed by atoms with van der Waals surface area (Å²) in [4.78, 5) is 0. The van der Waals surface area contributed by atoms with Crippen LogP contribution in [0.15, 0.2) is 0 Å². The van der Waals surface area contributed by atoms with Crippen molar-refractivity contribution in [3.05, 3.63) is 0 Å². The van der Waals surface area contributed by atoms with Gasteiger partial charge in [-0.15, -0.1) is 0 Å². The van der Waals surface area contributed by atoms with Crippen molar-refractivity contribution in [2.24, 2.45) is 11.3 Å². The Morgan fingerprint density at radius 1 is 1.00 bits per heavy atom. The molecule has 0 aromatic rings. The highest BCUT2D eigenvalue weighted by Gasteiger charge is 2.23. The third-order valence-corrected chi connectivity index (χ3v) is 2.60. The Balaban J connectivity index is 3.62. The van der Waals surface area contributed by atoms with E-state index in [0.717, 1.165) is 19.8 Å². The van der Waals surface area contributed by atoms with E-state index in [1.165, 1.54) is 0 Å². The molecule has 0 aromatic carbocycles. The van der Waals surface area contributed by atoms with Gasteiger partial charge in [-0.25, -0.2) is 0 Å². The zero-order valence-corrected chi connectivity index (χ0v) is 12.5. The van der Waals surface area contributed by atoms with Crippen LogP contribution in [0, 0.1) is 11.3 Å². The summed E-state index contributed by atoms with van der Waals surface area (Å²) >= 11 is 0. The molecular weight excluding hydrogens is 214 g/mol. The molecule has 0 aromatic heterocycles. The Morgan fingerprint density at radius 2 is 1.53 bits per heavy atom. The number of hydrogen-bond donors (Lipinski definition) is 1. The van der Waals surface area contributed by atoms with E-state index < -0.39 is 0 Å². The number of hydrogen-bond acceptors (Lipinski definition) is 3. The molecule has 3 nitrogen and oxygen atoms in total. The molecular formula is C14H31NO2. The van der Waals surface area contributed by atoms with E-state index in [1.54, 1.807) is 0 Å². The fourth-order valence-electron chi connectivity index (χ4n) is 1.50. The van der Waals surface area contributed by atoms with Gasteiger partial charge in [0.1, 0.15) is 0 Å². The molecule has 3 heteroatoms. The van der Waals surface area contributed by atoms with Crippen molar-refractivity contribution in [1.82, 2.24) is 5.32 Å². The smallest absolute Gasteiger partial charge is 0.0701 e. The van der Waals surface area contributed by atoms with Gasteiger partial charge in [0.05, 0.1) is 19.8 Å². The van der Waals surface area contributed by atoms with Gasteiger partial charge in [0, 0.05) is 12.6 Å². The lowest BCUT2D eigenvalue weighted by atomic mass is 9.87.